The molecule has 1 aliphatic rings. The van der Waals surface area contributed by atoms with E-state index in [0.717, 1.165) is 49.9 Å². The first-order valence-electron chi connectivity index (χ1n) is 8.99. The minimum Gasteiger partial charge on any atom is -0.490 e. The molecule has 134 valence electrons. The van der Waals surface area contributed by atoms with Gasteiger partial charge in [-0.2, -0.15) is 0 Å². The van der Waals surface area contributed by atoms with E-state index < -0.39 is 6.10 Å². The summed E-state index contributed by atoms with van der Waals surface area (Å²) in [5.41, 5.74) is 2.28. The van der Waals surface area contributed by atoms with Gasteiger partial charge in [-0.15, -0.1) is 0 Å². The number of hydrogen-bond donors (Lipinski definition) is 2. The summed E-state index contributed by atoms with van der Waals surface area (Å²) in [5, 5.41) is 10.3. The molecule has 1 fully saturated rings. The third kappa shape index (κ3) is 4.94. The second-order valence-corrected chi connectivity index (χ2v) is 6.86. The zero-order valence-electron chi connectivity index (χ0n) is 15.1. The molecule has 1 aliphatic heterocycles. The summed E-state index contributed by atoms with van der Waals surface area (Å²) in [5.74, 6) is 1.91. The second kappa shape index (κ2) is 8.32. The van der Waals surface area contributed by atoms with Crippen LogP contribution in [0.15, 0.2) is 42.6 Å². The van der Waals surface area contributed by atoms with E-state index >= 15 is 0 Å². The first-order chi connectivity index (χ1) is 12.1. The number of aromatic nitrogens is 1. The Hall–Kier alpha value is -2.11. The van der Waals surface area contributed by atoms with Gasteiger partial charge in [0.2, 0.25) is 0 Å². The molecule has 1 saturated heterocycles. The summed E-state index contributed by atoms with van der Waals surface area (Å²) in [6.07, 6.45) is 1.39. The van der Waals surface area contributed by atoms with Crippen molar-refractivity contribution < 1.29 is 14.7 Å². The lowest BCUT2D eigenvalue weighted by Gasteiger charge is -2.33. The lowest BCUT2D eigenvalue weighted by atomic mass is 10.1. The maximum Gasteiger partial charge on any atom is 0.137 e. The van der Waals surface area contributed by atoms with E-state index in [1.807, 2.05) is 38.2 Å². The highest BCUT2D eigenvalue weighted by molar-refractivity contribution is 5.37. The van der Waals surface area contributed by atoms with Crippen molar-refractivity contribution in [1.82, 2.24) is 4.98 Å². The molecule has 25 heavy (non-hydrogen) atoms. The van der Waals surface area contributed by atoms with E-state index in [1.54, 1.807) is 0 Å². The molecule has 1 aromatic heterocycles. The van der Waals surface area contributed by atoms with Gasteiger partial charge in [0, 0.05) is 6.20 Å². The number of aliphatic hydroxyl groups excluding tert-OH is 1. The molecule has 0 amide bonds. The molecular weight excluding hydrogens is 314 g/mol. The minimum absolute atomic E-state index is 0.345. The van der Waals surface area contributed by atoms with Crippen LogP contribution in [0.5, 0.6) is 5.75 Å². The van der Waals surface area contributed by atoms with Gasteiger partial charge in [-0.1, -0.05) is 18.2 Å². The molecule has 3 rings (SSSR count). The van der Waals surface area contributed by atoms with Crippen LogP contribution in [0.2, 0.25) is 0 Å². The Labute approximate surface area is 149 Å². The van der Waals surface area contributed by atoms with Gasteiger partial charge in [0.15, 0.2) is 0 Å². The van der Waals surface area contributed by atoms with Gasteiger partial charge < -0.3 is 19.6 Å². The maximum absolute atomic E-state index is 10.3. The number of pyridine rings is 1. The van der Waals surface area contributed by atoms with Gasteiger partial charge in [0.25, 0.3) is 0 Å². The van der Waals surface area contributed by atoms with Crippen molar-refractivity contribution in [1.29, 1.82) is 0 Å². The zero-order chi connectivity index (χ0) is 17.6. The number of anilines is 1. The molecule has 5 heteroatoms. The fourth-order valence-corrected chi connectivity index (χ4v) is 3.24. The van der Waals surface area contributed by atoms with Gasteiger partial charge >= 0.3 is 0 Å². The highest BCUT2D eigenvalue weighted by Gasteiger charge is 2.23. The van der Waals surface area contributed by atoms with Gasteiger partial charge in [0.1, 0.15) is 30.8 Å². The topological polar surface area (TPSA) is 50.0 Å². The lowest BCUT2D eigenvalue weighted by Crippen LogP contribution is -3.16. The number of aliphatic hydroxyl groups is 1. The molecule has 1 unspecified atom stereocenters. The molecular formula is C20H28N3O2+. The van der Waals surface area contributed by atoms with Crippen LogP contribution in [-0.4, -0.2) is 55.5 Å². The zero-order valence-corrected chi connectivity index (χ0v) is 15.1. The summed E-state index contributed by atoms with van der Waals surface area (Å²) in [6, 6.07) is 12.2. The number of quaternary nitrogens is 1. The monoisotopic (exact) mass is 342 g/mol. The maximum atomic E-state index is 10.3. The molecule has 2 heterocycles. The molecule has 0 radical (unpaired) electrons. The molecule has 0 spiro atoms. The molecule has 2 aromatic rings. The first-order valence-corrected chi connectivity index (χ1v) is 8.99. The molecule has 1 atom stereocenters. The van der Waals surface area contributed by atoms with Crippen LogP contribution >= 0.6 is 0 Å². The van der Waals surface area contributed by atoms with E-state index in [1.165, 1.54) is 10.5 Å². The summed E-state index contributed by atoms with van der Waals surface area (Å²) in [7, 11) is 0. The van der Waals surface area contributed by atoms with Crippen LogP contribution < -0.4 is 14.5 Å². The van der Waals surface area contributed by atoms with Crippen LogP contribution in [0.1, 0.15) is 11.1 Å². The number of benzene rings is 1. The van der Waals surface area contributed by atoms with E-state index in [0.29, 0.717) is 6.61 Å². The van der Waals surface area contributed by atoms with Gasteiger partial charge in [-0.25, -0.2) is 4.98 Å². The lowest BCUT2D eigenvalue weighted by molar-refractivity contribution is -0.903. The number of ether oxygens (including phenoxy) is 1. The molecule has 2 N–H and O–H groups in total. The van der Waals surface area contributed by atoms with Crippen molar-refractivity contribution >= 4 is 5.82 Å². The van der Waals surface area contributed by atoms with Crippen molar-refractivity contribution in [2.45, 2.75) is 20.0 Å². The number of nitrogens with one attached hydrogen (secondary N) is 1. The number of aryl methyl sites for hydroxylation is 2. The van der Waals surface area contributed by atoms with E-state index in [-0.39, 0.29) is 0 Å². The average molecular weight is 342 g/mol. The standard InChI is InChI=1S/C20H27N3O2/c1-16-6-7-17(2)19(13-16)25-15-18(24)14-22-9-11-23(12-10-22)20-5-3-4-8-21-20/h3-8,13,18,24H,9-12,14-15H2,1-2H3/p+1. The third-order valence-corrected chi connectivity index (χ3v) is 4.74. The average Bonchev–Trinajstić information content (AvgIpc) is 2.64. The predicted octanol–water partition coefficient (Wildman–Crippen LogP) is 0.843. The Morgan fingerprint density at radius 1 is 1.20 bits per heavy atom. The fraction of sp³-hybridized carbons (Fsp3) is 0.450. The second-order valence-electron chi connectivity index (χ2n) is 6.86. The van der Waals surface area contributed by atoms with Crippen molar-refractivity contribution in [2.75, 3.05) is 44.2 Å². The van der Waals surface area contributed by atoms with E-state index in [9.17, 15) is 5.11 Å². The smallest absolute Gasteiger partial charge is 0.137 e. The van der Waals surface area contributed by atoms with Crippen LogP contribution in [0.4, 0.5) is 5.82 Å². The van der Waals surface area contributed by atoms with Crippen LogP contribution in [0.3, 0.4) is 0 Å². The van der Waals surface area contributed by atoms with Crippen LogP contribution in [0, 0.1) is 13.8 Å². The number of nitrogens with zero attached hydrogens (tertiary/aromatic N) is 2. The van der Waals surface area contributed by atoms with Crippen molar-refractivity contribution in [3.63, 3.8) is 0 Å². The van der Waals surface area contributed by atoms with E-state index in [4.69, 9.17) is 4.74 Å². The Morgan fingerprint density at radius 3 is 2.72 bits per heavy atom. The molecule has 0 aliphatic carbocycles. The van der Waals surface area contributed by atoms with Gasteiger partial charge in [-0.05, 0) is 43.2 Å². The summed E-state index contributed by atoms with van der Waals surface area (Å²) in [6.45, 7) is 9.11. The third-order valence-electron chi connectivity index (χ3n) is 4.74. The fourth-order valence-electron chi connectivity index (χ4n) is 3.24. The van der Waals surface area contributed by atoms with Crippen LogP contribution in [0.25, 0.3) is 0 Å². The Morgan fingerprint density at radius 2 is 2.00 bits per heavy atom. The number of hydrogen-bond acceptors (Lipinski definition) is 4. The van der Waals surface area contributed by atoms with Crippen LogP contribution in [-0.2, 0) is 0 Å². The SMILES string of the molecule is Cc1ccc(C)c(OCC(O)C[NH+]2CCN(c3ccccn3)CC2)c1. The molecule has 0 saturated carbocycles. The van der Waals surface area contributed by atoms with Crippen molar-refractivity contribution in [2.24, 2.45) is 0 Å². The molecule has 0 bridgehead atoms. The summed E-state index contributed by atoms with van der Waals surface area (Å²) in [4.78, 5) is 8.14. The Bertz CT molecular complexity index is 670. The largest absolute Gasteiger partial charge is 0.490 e. The van der Waals surface area contributed by atoms with Crippen molar-refractivity contribution in [3.8, 4) is 5.75 Å². The quantitative estimate of drug-likeness (QED) is 0.817. The number of rotatable bonds is 6. The molecule has 5 nitrogen and oxygen atoms in total. The highest BCUT2D eigenvalue weighted by Crippen LogP contribution is 2.19. The predicted molar refractivity (Wildman–Crippen MR) is 99.4 cm³/mol. The van der Waals surface area contributed by atoms with E-state index in [2.05, 4.69) is 28.1 Å². The normalized spacial score (nSPS) is 16.7. The highest BCUT2D eigenvalue weighted by atomic mass is 16.5. The first kappa shape index (κ1) is 17.7. The minimum atomic E-state index is -0.448. The summed E-state index contributed by atoms with van der Waals surface area (Å²) < 4.78 is 5.83. The van der Waals surface area contributed by atoms with Gasteiger partial charge in [0.05, 0.1) is 26.2 Å². The van der Waals surface area contributed by atoms with Gasteiger partial charge in [-0.3, -0.25) is 0 Å². The Kier molecular flexibility index (Phi) is 5.89. The molecule has 1 aromatic carbocycles. The number of piperazine rings is 1. The Balaban J connectivity index is 1.43. The summed E-state index contributed by atoms with van der Waals surface area (Å²) >= 11 is 0. The van der Waals surface area contributed by atoms with Crippen molar-refractivity contribution in [3.05, 3.63) is 53.7 Å².